The van der Waals surface area contributed by atoms with Crippen molar-refractivity contribution in [2.75, 3.05) is 12.5 Å². The standard InChI is InChI=1S/C17H16O3S/c1-12-3-2-4-13(7-12)9-21-10-15(18)14-5-6-16-17(8-14)20-11-19-16/h2-8H,9-11H2,1H3. The van der Waals surface area contributed by atoms with Crippen LogP contribution in [-0.4, -0.2) is 18.3 Å². The lowest BCUT2D eigenvalue weighted by Crippen LogP contribution is -2.02. The summed E-state index contributed by atoms with van der Waals surface area (Å²) in [6, 6.07) is 13.7. The van der Waals surface area contributed by atoms with Crippen molar-refractivity contribution in [2.45, 2.75) is 12.7 Å². The fourth-order valence-electron chi connectivity index (χ4n) is 2.22. The molecule has 21 heavy (non-hydrogen) atoms. The number of thioether (sulfide) groups is 1. The lowest BCUT2D eigenvalue weighted by molar-refractivity contribution is 0.102. The van der Waals surface area contributed by atoms with Gasteiger partial charge >= 0.3 is 0 Å². The van der Waals surface area contributed by atoms with Gasteiger partial charge in [0.05, 0.1) is 5.75 Å². The first-order chi connectivity index (χ1) is 10.2. The van der Waals surface area contributed by atoms with Crippen molar-refractivity contribution in [2.24, 2.45) is 0 Å². The summed E-state index contributed by atoms with van der Waals surface area (Å²) in [5.74, 6) is 2.79. The third-order valence-electron chi connectivity index (χ3n) is 3.28. The number of ketones is 1. The van der Waals surface area contributed by atoms with Crippen LogP contribution in [0.25, 0.3) is 0 Å². The van der Waals surface area contributed by atoms with Gasteiger partial charge in [0, 0.05) is 11.3 Å². The van der Waals surface area contributed by atoms with Gasteiger partial charge in [0.2, 0.25) is 6.79 Å². The Labute approximate surface area is 128 Å². The van der Waals surface area contributed by atoms with Gasteiger partial charge in [0.1, 0.15) is 0 Å². The molecule has 0 saturated carbocycles. The minimum absolute atomic E-state index is 0.117. The molecule has 0 N–H and O–H groups in total. The van der Waals surface area contributed by atoms with Crippen molar-refractivity contribution >= 4 is 17.5 Å². The number of rotatable bonds is 5. The van der Waals surface area contributed by atoms with Gasteiger partial charge in [-0.25, -0.2) is 0 Å². The van der Waals surface area contributed by atoms with Gasteiger partial charge in [-0.05, 0) is 30.7 Å². The topological polar surface area (TPSA) is 35.5 Å². The van der Waals surface area contributed by atoms with Crippen LogP contribution >= 0.6 is 11.8 Å². The molecule has 2 aromatic carbocycles. The third-order valence-corrected chi connectivity index (χ3v) is 4.28. The zero-order valence-electron chi connectivity index (χ0n) is 11.8. The van der Waals surface area contributed by atoms with Crippen molar-refractivity contribution in [3.63, 3.8) is 0 Å². The fraction of sp³-hybridized carbons (Fsp3) is 0.235. The van der Waals surface area contributed by atoms with Gasteiger partial charge in [-0.15, -0.1) is 11.8 Å². The van der Waals surface area contributed by atoms with E-state index in [1.54, 1.807) is 30.0 Å². The van der Waals surface area contributed by atoms with Crippen LogP contribution in [0.1, 0.15) is 21.5 Å². The molecule has 1 aliphatic heterocycles. The van der Waals surface area contributed by atoms with Gasteiger partial charge in [-0.3, -0.25) is 4.79 Å². The van der Waals surface area contributed by atoms with Crippen LogP contribution in [-0.2, 0) is 5.75 Å². The predicted molar refractivity (Wildman–Crippen MR) is 84.2 cm³/mol. The molecule has 3 nitrogen and oxygen atoms in total. The molecule has 0 radical (unpaired) electrons. The van der Waals surface area contributed by atoms with Crippen molar-refractivity contribution in [1.82, 2.24) is 0 Å². The molecular weight excluding hydrogens is 284 g/mol. The minimum Gasteiger partial charge on any atom is -0.454 e. The first-order valence-electron chi connectivity index (χ1n) is 6.78. The summed E-state index contributed by atoms with van der Waals surface area (Å²) in [7, 11) is 0. The van der Waals surface area contributed by atoms with Gasteiger partial charge in [0.25, 0.3) is 0 Å². The molecule has 3 rings (SSSR count). The number of benzene rings is 2. The average Bonchev–Trinajstić information content (AvgIpc) is 2.94. The van der Waals surface area contributed by atoms with E-state index < -0.39 is 0 Å². The maximum atomic E-state index is 12.2. The Bertz CT molecular complexity index is 667. The Kier molecular flexibility index (Phi) is 4.15. The maximum absolute atomic E-state index is 12.2. The van der Waals surface area contributed by atoms with Crippen LogP contribution in [0.5, 0.6) is 11.5 Å². The highest BCUT2D eigenvalue weighted by Crippen LogP contribution is 2.32. The zero-order valence-corrected chi connectivity index (χ0v) is 12.6. The Hall–Kier alpha value is -1.94. The quantitative estimate of drug-likeness (QED) is 0.786. The summed E-state index contributed by atoms with van der Waals surface area (Å²) in [6.07, 6.45) is 0. The first-order valence-corrected chi connectivity index (χ1v) is 7.94. The minimum atomic E-state index is 0.117. The molecule has 0 aromatic heterocycles. The molecule has 1 aliphatic rings. The van der Waals surface area contributed by atoms with Crippen LogP contribution in [0, 0.1) is 6.92 Å². The molecule has 2 aromatic rings. The molecule has 0 aliphatic carbocycles. The normalized spacial score (nSPS) is 12.4. The molecule has 108 valence electrons. The average molecular weight is 300 g/mol. The van der Waals surface area contributed by atoms with Gasteiger partial charge in [-0.1, -0.05) is 29.8 Å². The van der Waals surface area contributed by atoms with E-state index in [1.807, 2.05) is 6.07 Å². The lowest BCUT2D eigenvalue weighted by Gasteiger charge is -2.04. The monoisotopic (exact) mass is 300 g/mol. The van der Waals surface area contributed by atoms with E-state index in [0.717, 1.165) is 5.75 Å². The molecule has 1 heterocycles. The molecule has 0 spiro atoms. The Morgan fingerprint density at radius 2 is 2.00 bits per heavy atom. The number of hydrogen-bond donors (Lipinski definition) is 0. The number of carbonyl (C=O) groups is 1. The first kappa shape index (κ1) is 14.0. The van der Waals surface area contributed by atoms with Crippen molar-refractivity contribution in [3.8, 4) is 11.5 Å². The second-order valence-electron chi connectivity index (χ2n) is 4.97. The predicted octanol–water partition coefficient (Wildman–Crippen LogP) is 3.84. The summed E-state index contributed by atoms with van der Waals surface area (Å²) in [4.78, 5) is 12.2. The number of Topliss-reactive ketones (excluding diaryl/α,β-unsaturated/α-hetero) is 1. The van der Waals surface area contributed by atoms with Crippen LogP contribution in [0.4, 0.5) is 0 Å². The number of hydrogen-bond acceptors (Lipinski definition) is 4. The Morgan fingerprint density at radius 1 is 1.14 bits per heavy atom. The summed E-state index contributed by atoms with van der Waals surface area (Å²) >= 11 is 1.63. The smallest absolute Gasteiger partial charge is 0.231 e. The summed E-state index contributed by atoms with van der Waals surface area (Å²) in [5.41, 5.74) is 3.17. The van der Waals surface area contributed by atoms with E-state index in [-0.39, 0.29) is 12.6 Å². The van der Waals surface area contributed by atoms with Crippen LogP contribution in [0.15, 0.2) is 42.5 Å². The molecule has 0 atom stereocenters. The Balaban J connectivity index is 1.57. The zero-order chi connectivity index (χ0) is 14.7. The molecule has 0 fully saturated rings. The van der Waals surface area contributed by atoms with E-state index >= 15 is 0 Å². The molecule has 0 unspecified atom stereocenters. The number of ether oxygens (including phenoxy) is 2. The largest absolute Gasteiger partial charge is 0.454 e. The third kappa shape index (κ3) is 3.39. The molecule has 0 bridgehead atoms. The molecule has 0 saturated heterocycles. The Morgan fingerprint density at radius 3 is 2.86 bits per heavy atom. The summed E-state index contributed by atoms with van der Waals surface area (Å²) in [6.45, 7) is 2.31. The second-order valence-corrected chi connectivity index (χ2v) is 5.96. The maximum Gasteiger partial charge on any atom is 0.231 e. The van der Waals surface area contributed by atoms with Crippen molar-refractivity contribution < 1.29 is 14.3 Å². The number of aryl methyl sites for hydroxylation is 1. The van der Waals surface area contributed by atoms with Crippen molar-refractivity contribution in [1.29, 1.82) is 0 Å². The van der Waals surface area contributed by atoms with E-state index in [9.17, 15) is 4.79 Å². The highest BCUT2D eigenvalue weighted by Gasteiger charge is 2.16. The van der Waals surface area contributed by atoms with Gasteiger partial charge < -0.3 is 9.47 Å². The van der Waals surface area contributed by atoms with Crippen LogP contribution in [0.3, 0.4) is 0 Å². The van der Waals surface area contributed by atoms with Crippen LogP contribution in [0.2, 0.25) is 0 Å². The van der Waals surface area contributed by atoms with E-state index in [0.29, 0.717) is 22.8 Å². The summed E-state index contributed by atoms with van der Waals surface area (Å²) < 4.78 is 10.5. The van der Waals surface area contributed by atoms with Gasteiger partial charge in [-0.2, -0.15) is 0 Å². The molecular formula is C17H16O3S. The SMILES string of the molecule is Cc1cccc(CSCC(=O)c2ccc3c(c2)OCO3)c1. The number of carbonyl (C=O) groups excluding carboxylic acids is 1. The molecule has 0 amide bonds. The lowest BCUT2D eigenvalue weighted by atomic mass is 10.1. The van der Waals surface area contributed by atoms with E-state index in [4.69, 9.17) is 9.47 Å². The van der Waals surface area contributed by atoms with E-state index in [2.05, 4.69) is 25.1 Å². The van der Waals surface area contributed by atoms with Gasteiger partial charge in [0.15, 0.2) is 17.3 Å². The second kappa shape index (κ2) is 6.22. The number of fused-ring (bicyclic) bond motifs is 1. The summed E-state index contributed by atoms with van der Waals surface area (Å²) in [5, 5.41) is 0. The van der Waals surface area contributed by atoms with Crippen molar-refractivity contribution in [3.05, 3.63) is 59.2 Å². The molecule has 4 heteroatoms. The van der Waals surface area contributed by atoms with E-state index in [1.165, 1.54) is 11.1 Å². The fourth-order valence-corrected chi connectivity index (χ4v) is 3.09. The van der Waals surface area contributed by atoms with Crippen LogP contribution < -0.4 is 9.47 Å². The highest BCUT2D eigenvalue weighted by molar-refractivity contribution is 7.99. The highest BCUT2D eigenvalue weighted by atomic mass is 32.2.